The fraction of sp³-hybridized carbons (Fsp3) is 0.714. The Morgan fingerprint density at radius 1 is 1.15 bits per heavy atom. The molecular formula is C21H33NO4. The van der Waals surface area contributed by atoms with Crippen LogP contribution in [0, 0.1) is 11.8 Å². The van der Waals surface area contributed by atoms with Gasteiger partial charge in [-0.3, -0.25) is 4.98 Å². The van der Waals surface area contributed by atoms with Crippen molar-refractivity contribution in [2.75, 3.05) is 0 Å². The maximum Gasteiger partial charge on any atom is 0.129 e. The Balaban J connectivity index is 1.76. The standard InChI is InChI=1S/C21H33NO4/c1-15(23)7-4-2-3-5-9-17-18(21(26)13-20(17)25)10-11-19(24)16-8-6-12-22-14-16/h6,8,12,14,17-21,24-26H,2-5,7,9-11,13H2,1H3/t17-,18-,19?,20+,21-/m1/s1. The zero-order chi connectivity index (χ0) is 18.9. The summed E-state index contributed by atoms with van der Waals surface area (Å²) in [5.74, 6) is 0.374. The van der Waals surface area contributed by atoms with Gasteiger partial charge in [-0.1, -0.05) is 25.3 Å². The molecule has 1 aliphatic rings. The molecule has 0 amide bonds. The van der Waals surface area contributed by atoms with Gasteiger partial charge in [0.2, 0.25) is 0 Å². The Morgan fingerprint density at radius 3 is 2.50 bits per heavy atom. The summed E-state index contributed by atoms with van der Waals surface area (Å²) in [5, 5.41) is 31.0. The van der Waals surface area contributed by atoms with Crippen molar-refractivity contribution in [3.8, 4) is 0 Å². The predicted octanol–water partition coefficient (Wildman–Crippen LogP) is 3.18. The summed E-state index contributed by atoms with van der Waals surface area (Å²) in [4.78, 5) is 15.0. The second-order valence-electron chi connectivity index (χ2n) is 7.73. The molecule has 0 radical (unpaired) electrons. The number of pyridine rings is 1. The van der Waals surface area contributed by atoms with Crippen LogP contribution in [0.25, 0.3) is 0 Å². The summed E-state index contributed by atoms with van der Waals surface area (Å²) in [6.07, 6.45) is 9.10. The van der Waals surface area contributed by atoms with Crippen LogP contribution in [0.5, 0.6) is 0 Å². The van der Waals surface area contributed by atoms with Gasteiger partial charge >= 0.3 is 0 Å². The highest BCUT2D eigenvalue weighted by molar-refractivity contribution is 5.75. The van der Waals surface area contributed by atoms with Crippen LogP contribution in [-0.4, -0.2) is 38.3 Å². The number of carbonyl (C=O) groups excluding carboxylic acids is 1. The molecule has 5 atom stereocenters. The zero-order valence-electron chi connectivity index (χ0n) is 15.8. The molecule has 26 heavy (non-hydrogen) atoms. The van der Waals surface area contributed by atoms with E-state index in [-0.39, 0.29) is 17.6 Å². The van der Waals surface area contributed by atoms with E-state index in [2.05, 4.69) is 4.98 Å². The molecule has 1 heterocycles. The zero-order valence-corrected chi connectivity index (χ0v) is 15.8. The molecule has 5 heteroatoms. The molecule has 1 aromatic rings. The quantitative estimate of drug-likeness (QED) is 0.525. The van der Waals surface area contributed by atoms with E-state index in [0.717, 1.165) is 37.7 Å². The third-order valence-corrected chi connectivity index (χ3v) is 5.68. The van der Waals surface area contributed by atoms with Gasteiger partial charge in [-0.25, -0.2) is 0 Å². The number of carbonyl (C=O) groups is 1. The molecule has 146 valence electrons. The van der Waals surface area contributed by atoms with Crippen molar-refractivity contribution in [3.63, 3.8) is 0 Å². The first-order valence-corrected chi connectivity index (χ1v) is 9.92. The Hall–Kier alpha value is -1.30. The van der Waals surface area contributed by atoms with Crippen molar-refractivity contribution in [2.24, 2.45) is 11.8 Å². The Morgan fingerprint density at radius 2 is 1.85 bits per heavy atom. The van der Waals surface area contributed by atoms with E-state index in [1.54, 1.807) is 19.3 Å². The molecule has 3 N–H and O–H groups in total. The lowest BCUT2D eigenvalue weighted by Crippen LogP contribution is -2.23. The molecule has 0 aromatic carbocycles. The molecule has 1 fully saturated rings. The van der Waals surface area contributed by atoms with Gasteiger partial charge in [-0.2, -0.15) is 0 Å². The number of hydrogen-bond acceptors (Lipinski definition) is 5. The van der Waals surface area contributed by atoms with Gasteiger partial charge in [0.1, 0.15) is 5.78 Å². The SMILES string of the molecule is CC(=O)CCCCCC[C@@H]1[C@@H](CCC(O)c2cccnc2)[C@H](O)C[C@@H]1O. The number of nitrogens with zero attached hydrogens (tertiary/aromatic N) is 1. The highest BCUT2D eigenvalue weighted by atomic mass is 16.3. The largest absolute Gasteiger partial charge is 0.393 e. The van der Waals surface area contributed by atoms with E-state index < -0.39 is 18.3 Å². The van der Waals surface area contributed by atoms with Crippen LogP contribution in [0.4, 0.5) is 0 Å². The summed E-state index contributed by atoms with van der Waals surface area (Å²) in [6, 6.07) is 3.66. The van der Waals surface area contributed by atoms with Crippen LogP contribution < -0.4 is 0 Å². The van der Waals surface area contributed by atoms with Crippen molar-refractivity contribution in [3.05, 3.63) is 30.1 Å². The first-order chi connectivity index (χ1) is 12.5. The molecule has 1 unspecified atom stereocenters. The lowest BCUT2D eigenvalue weighted by atomic mass is 9.84. The second-order valence-corrected chi connectivity index (χ2v) is 7.73. The van der Waals surface area contributed by atoms with Crippen molar-refractivity contribution < 1.29 is 20.1 Å². The van der Waals surface area contributed by atoms with Crippen molar-refractivity contribution in [1.29, 1.82) is 0 Å². The fourth-order valence-corrected chi connectivity index (χ4v) is 4.18. The Kier molecular flexibility index (Phi) is 8.69. The molecule has 0 saturated heterocycles. The highest BCUT2D eigenvalue weighted by Crippen LogP contribution is 2.40. The van der Waals surface area contributed by atoms with Crippen molar-refractivity contribution >= 4 is 5.78 Å². The minimum atomic E-state index is -0.583. The molecule has 0 aliphatic heterocycles. The topological polar surface area (TPSA) is 90.7 Å². The number of aromatic nitrogens is 1. The minimum absolute atomic E-state index is 0.0357. The van der Waals surface area contributed by atoms with E-state index in [0.29, 0.717) is 25.7 Å². The van der Waals surface area contributed by atoms with E-state index >= 15 is 0 Å². The molecule has 1 aliphatic carbocycles. The lowest BCUT2D eigenvalue weighted by molar-refractivity contribution is -0.117. The smallest absolute Gasteiger partial charge is 0.129 e. The van der Waals surface area contributed by atoms with Crippen molar-refractivity contribution in [1.82, 2.24) is 4.98 Å². The van der Waals surface area contributed by atoms with Crippen LogP contribution in [0.1, 0.15) is 76.4 Å². The van der Waals surface area contributed by atoms with Crippen molar-refractivity contribution in [2.45, 2.75) is 83.0 Å². The third-order valence-electron chi connectivity index (χ3n) is 5.68. The van der Waals surface area contributed by atoms with Gasteiger partial charge in [0.15, 0.2) is 0 Å². The number of Topliss-reactive ketones (excluding diaryl/α,β-unsaturated/α-hetero) is 1. The van der Waals surface area contributed by atoms with E-state index in [9.17, 15) is 20.1 Å². The summed E-state index contributed by atoms with van der Waals surface area (Å²) in [6.45, 7) is 1.63. The van der Waals surface area contributed by atoms with Crippen LogP contribution in [0.2, 0.25) is 0 Å². The van der Waals surface area contributed by atoms with E-state index in [1.807, 2.05) is 12.1 Å². The number of aliphatic hydroxyl groups is 3. The van der Waals surface area contributed by atoms with Gasteiger partial charge in [-0.15, -0.1) is 0 Å². The maximum absolute atomic E-state index is 11.0. The normalized spacial score (nSPS) is 26.8. The van der Waals surface area contributed by atoms with Gasteiger partial charge < -0.3 is 20.1 Å². The summed E-state index contributed by atoms with van der Waals surface area (Å²) >= 11 is 0. The first-order valence-electron chi connectivity index (χ1n) is 9.92. The number of ketones is 1. The molecule has 1 saturated carbocycles. The number of aliphatic hydroxyl groups excluding tert-OH is 3. The fourth-order valence-electron chi connectivity index (χ4n) is 4.18. The van der Waals surface area contributed by atoms with Crippen LogP contribution in [-0.2, 0) is 4.79 Å². The highest BCUT2D eigenvalue weighted by Gasteiger charge is 2.40. The predicted molar refractivity (Wildman–Crippen MR) is 100 cm³/mol. The second kappa shape index (κ2) is 10.8. The lowest BCUT2D eigenvalue weighted by Gasteiger charge is -2.24. The van der Waals surface area contributed by atoms with E-state index in [1.165, 1.54) is 0 Å². The van der Waals surface area contributed by atoms with Crippen LogP contribution in [0.3, 0.4) is 0 Å². The third kappa shape index (κ3) is 6.45. The molecule has 1 aromatic heterocycles. The molecule has 0 bridgehead atoms. The summed E-state index contributed by atoms with van der Waals surface area (Å²) in [5.41, 5.74) is 0.794. The average molecular weight is 363 g/mol. The van der Waals surface area contributed by atoms with E-state index in [4.69, 9.17) is 0 Å². The molecule has 2 rings (SSSR count). The van der Waals surface area contributed by atoms with Gasteiger partial charge in [-0.05, 0) is 62.5 Å². The minimum Gasteiger partial charge on any atom is -0.393 e. The van der Waals surface area contributed by atoms with Gasteiger partial charge in [0, 0.05) is 18.8 Å². The molecule has 0 spiro atoms. The number of rotatable bonds is 11. The molecular weight excluding hydrogens is 330 g/mol. The number of hydrogen-bond donors (Lipinski definition) is 3. The molecule has 5 nitrogen and oxygen atoms in total. The average Bonchev–Trinajstić information content (AvgIpc) is 2.89. The number of unbranched alkanes of at least 4 members (excludes halogenated alkanes) is 3. The first kappa shape index (κ1) is 21.0. The summed E-state index contributed by atoms with van der Waals surface area (Å²) in [7, 11) is 0. The maximum atomic E-state index is 11.0. The Bertz CT molecular complexity index is 536. The Labute approximate surface area is 156 Å². The van der Waals surface area contributed by atoms with Crippen LogP contribution >= 0.6 is 0 Å². The monoisotopic (exact) mass is 363 g/mol. The summed E-state index contributed by atoms with van der Waals surface area (Å²) < 4.78 is 0. The van der Waals surface area contributed by atoms with Gasteiger partial charge in [0.25, 0.3) is 0 Å². The van der Waals surface area contributed by atoms with Crippen LogP contribution in [0.15, 0.2) is 24.5 Å². The van der Waals surface area contributed by atoms with Gasteiger partial charge in [0.05, 0.1) is 18.3 Å².